The highest BCUT2D eigenvalue weighted by molar-refractivity contribution is 5.27. The average molecular weight is 234 g/mol. The summed E-state index contributed by atoms with van der Waals surface area (Å²) in [5.41, 5.74) is 0. The van der Waals surface area contributed by atoms with Gasteiger partial charge in [0.15, 0.2) is 0 Å². The SMILES string of the molecule is CCCCCCCNc1nnc2nccn2n1. The Labute approximate surface area is 100 Å². The van der Waals surface area contributed by atoms with Gasteiger partial charge in [-0.2, -0.15) is 4.52 Å². The average Bonchev–Trinajstić information content (AvgIpc) is 2.81. The summed E-state index contributed by atoms with van der Waals surface area (Å²) in [5.74, 6) is 1.09. The fourth-order valence-corrected chi connectivity index (χ4v) is 1.65. The van der Waals surface area contributed by atoms with Gasteiger partial charge in [-0.25, -0.2) is 4.98 Å². The second-order valence-electron chi connectivity index (χ2n) is 4.04. The largest absolute Gasteiger partial charge is 0.352 e. The van der Waals surface area contributed by atoms with Crippen molar-refractivity contribution in [1.82, 2.24) is 24.8 Å². The van der Waals surface area contributed by atoms with E-state index in [1.807, 2.05) is 0 Å². The Morgan fingerprint density at radius 1 is 1.18 bits per heavy atom. The summed E-state index contributed by atoms with van der Waals surface area (Å²) >= 11 is 0. The summed E-state index contributed by atoms with van der Waals surface area (Å²) in [7, 11) is 0. The Hall–Kier alpha value is -1.72. The molecule has 2 heterocycles. The molecule has 0 aliphatic carbocycles. The van der Waals surface area contributed by atoms with Crippen LogP contribution in [0.25, 0.3) is 5.78 Å². The minimum absolute atomic E-state index is 0.526. The van der Waals surface area contributed by atoms with Gasteiger partial charge in [-0.05, 0) is 6.42 Å². The molecule has 17 heavy (non-hydrogen) atoms. The van der Waals surface area contributed by atoms with Crippen LogP contribution in [-0.4, -0.2) is 31.3 Å². The van der Waals surface area contributed by atoms with E-state index in [1.165, 1.54) is 25.7 Å². The second-order valence-corrected chi connectivity index (χ2v) is 4.04. The Morgan fingerprint density at radius 3 is 2.94 bits per heavy atom. The van der Waals surface area contributed by atoms with Gasteiger partial charge in [0.2, 0.25) is 0 Å². The maximum absolute atomic E-state index is 4.24. The van der Waals surface area contributed by atoms with Gasteiger partial charge in [-0.3, -0.25) is 0 Å². The third-order valence-corrected chi connectivity index (χ3v) is 2.60. The van der Waals surface area contributed by atoms with Gasteiger partial charge in [-0.1, -0.05) is 32.6 Å². The topological polar surface area (TPSA) is 68.0 Å². The minimum Gasteiger partial charge on any atom is -0.352 e. The number of hydrogen-bond acceptors (Lipinski definition) is 5. The zero-order valence-electron chi connectivity index (χ0n) is 10.1. The summed E-state index contributed by atoms with van der Waals surface area (Å²) in [5, 5.41) is 15.3. The Balaban J connectivity index is 1.75. The van der Waals surface area contributed by atoms with Crippen LogP contribution in [0.4, 0.5) is 5.95 Å². The zero-order chi connectivity index (χ0) is 11.9. The molecule has 0 aliphatic heterocycles. The molecule has 6 nitrogen and oxygen atoms in total. The first kappa shape index (κ1) is 11.8. The number of nitrogens with one attached hydrogen (secondary N) is 1. The van der Waals surface area contributed by atoms with E-state index in [4.69, 9.17) is 0 Å². The number of rotatable bonds is 7. The molecule has 0 spiro atoms. The first-order chi connectivity index (χ1) is 8.40. The molecule has 0 unspecified atom stereocenters. The summed E-state index contributed by atoms with van der Waals surface area (Å²) in [6.45, 7) is 3.11. The molecule has 0 aliphatic rings. The van der Waals surface area contributed by atoms with Gasteiger partial charge >= 0.3 is 0 Å². The monoisotopic (exact) mass is 234 g/mol. The van der Waals surface area contributed by atoms with Gasteiger partial charge in [0, 0.05) is 12.7 Å². The third kappa shape index (κ3) is 3.37. The molecule has 2 rings (SSSR count). The second kappa shape index (κ2) is 6.12. The number of nitrogens with zero attached hydrogens (tertiary/aromatic N) is 5. The van der Waals surface area contributed by atoms with Crippen LogP contribution < -0.4 is 5.32 Å². The molecular formula is C11H18N6. The number of anilines is 1. The van der Waals surface area contributed by atoms with Crippen LogP contribution in [0.15, 0.2) is 12.4 Å². The first-order valence-electron chi connectivity index (χ1n) is 6.18. The molecule has 6 heteroatoms. The Bertz CT molecular complexity index is 452. The van der Waals surface area contributed by atoms with Crippen molar-refractivity contribution >= 4 is 11.7 Å². The van der Waals surface area contributed by atoms with Crippen molar-refractivity contribution in [3.8, 4) is 0 Å². The normalized spacial score (nSPS) is 10.9. The smallest absolute Gasteiger partial charge is 0.270 e. The molecule has 2 aromatic rings. The Morgan fingerprint density at radius 2 is 2.06 bits per heavy atom. The quantitative estimate of drug-likeness (QED) is 0.741. The highest BCUT2D eigenvalue weighted by Gasteiger charge is 2.00. The number of imidazole rings is 1. The summed E-state index contributed by atoms with van der Waals surface area (Å²) in [4.78, 5) is 3.99. The van der Waals surface area contributed by atoms with Crippen molar-refractivity contribution in [2.45, 2.75) is 39.0 Å². The van der Waals surface area contributed by atoms with E-state index in [0.29, 0.717) is 11.7 Å². The fourth-order valence-electron chi connectivity index (χ4n) is 1.65. The van der Waals surface area contributed by atoms with Gasteiger partial charge in [0.05, 0.1) is 6.20 Å². The molecule has 0 aromatic carbocycles. The van der Waals surface area contributed by atoms with Crippen molar-refractivity contribution in [2.75, 3.05) is 11.9 Å². The van der Waals surface area contributed by atoms with E-state index >= 15 is 0 Å². The third-order valence-electron chi connectivity index (χ3n) is 2.60. The zero-order valence-corrected chi connectivity index (χ0v) is 10.1. The van der Waals surface area contributed by atoms with Crippen molar-refractivity contribution in [2.24, 2.45) is 0 Å². The lowest BCUT2D eigenvalue weighted by Gasteiger charge is -2.03. The van der Waals surface area contributed by atoms with Gasteiger partial charge in [-0.15, -0.1) is 15.3 Å². The van der Waals surface area contributed by atoms with Crippen molar-refractivity contribution < 1.29 is 0 Å². The molecule has 2 aromatic heterocycles. The molecule has 0 radical (unpaired) electrons. The van der Waals surface area contributed by atoms with Crippen LogP contribution in [-0.2, 0) is 0 Å². The molecule has 0 bridgehead atoms. The lowest BCUT2D eigenvalue weighted by molar-refractivity contribution is 0.643. The molecule has 0 atom stereocenters. The van der Waals surface area contributed by atoms with Crippen molar-refractivity contribution in [3.05, 3.63) is 12.4 Å². The number of aromatic nitrogens is 5. The summed E-state index contributed by atoms with van der Waals surface area (Å²) < 4.78 is 1.62. The molecule has 0 saturated carbocycles. The highest BCUT2D eigenvalue weighted by Crippen LogP contribution is 2.03. The van der Waals surface area contributed by atoms with Crippen LogP contribution in [0.2, 0.25) is 0 Å². The van der Waals surface area contributed by atoms with E-state index in [2.05, 4.69) is 32.5 Å². The number of hydrogen-bond donors (Lipinski definition) is 1. The molecule has 92 valence electrons. The van der Waals surface area contributed by atoms with E-state index in [1.54, 1.807) is 16.9 Å². The van der Waals surface area contributed by atoms with Gasteiger partial charge < -0.3 is 5.32 Å². The predicted octanol–water partition coefficient (Wildman–Crippen LogP) is 1.90. The first-order valence-corrected chi connectivity index (χ1v) is 6.18. The molecule has 0 saturated heterocycles. The predicted molar refractivity (Wildman–Crippen MR) is 65.8 cm³/mol. The van der Waals surface area contributed by atoms with Crippen LogP contribution >= 0.6 is 0 Å². The van der Waals surface area contributed by atoms with E-state index in [9.17, 15) is 0 Å². The fraction of sp³-hybridized carbons (Fsp3) is 0.636. The maximum atomic E-state index is 4.24. The molecule has 0 amide bonds. The minimum atomic E-state index is 0.526. The summed E-state index contributed by atoms with van der Waals surface area (Å²) in [6, 6.07) is 0. The van der Waals surface area contributed by atoms with Crippen LogP contribution in [0, 0.1) is 0 Å². The van der Waals surface area contributed by atoms with Crippen molar-refractivity contribution in [3.63, 3.8) is 0 Å². The lowest BCUT2D eigenvalue weighted by Crippen LogP contribution is -2.09. The van der Waals surface area contributed by atoms with E-state index in [0.717, 1.165) is 13.0 Å². The highest BCUT2D eigenvalue weighted by atomic mass is 15.4. The van der Waals surface area contributed by atoms with Crippen LogP contribution in [0.5, 0.6) is 0 Å². The van der Waals surface area contributed by atoms with Gasteiger partial charge in [0.25, 0.3) is 11.7 Å². The Kier molecular flexibility index (Phi) is 4.23. The standard InChI is InChI=1S/C11H18N6/c1-2-3-4-5-6-7-12-10-14-15-11-13-8-9-17(11)16-10/h8-9H,2-7H2,1H3,(H,12,16). The van der Waals surface area contributed by atoms with Crippen LogP contribution in [0.1, 0.15) is 39.0 Å². The maximum Gasteiger partial charge on any atom is 0.270 e. The van der Waals surface area contributed by atoms with Crippen LogP contribution in [0.3, 0.4) is 0 Å². The molecular weight excluding hydrogens is 216 g/mol. The number of fused-ring (bicyclic) bond motifs is 1. The van der Waals surface area contributed by atoms with E-state index in [-0.39, 0.29) is 0 Å². The molecule has 0 fully saturated rings. The van der Waals surface area contributed by atoms with Gasteiger partial charge in [0.1, 0.15) is 0 Å². The van der Waals surface area contributed by atoms with E-state index < -0.39 is 0 Å². The summed E-state index contributed by atoms with van der Waals surface area (Å²) in [6.07, 6.45) is 9.71. The lowest BCUT2D eigenvalue weighted by atomic mass is 10.1. The number of unbranched alkanes of at least 4 members (excludes halogenated alkanes) is 4. The van der Waals surface area contributed by atoms with Crippen molar-refractivity contribution in [1.29, 1.82) is 0 Å². The molecule has 1 N–H and O–H groups in total.